The number of aromatic nitrogens is 1. The first-order chi connectivity index (χ1) is 13.7. The van der Waals surface area contributed by atoms with Gasteiger partial charge >= 0.3 is 0 Å². The van der Waals surface area contributed by atoms with E-state index in [0.717, 1.165) is 31.9 Å². The molecule has 1 fully saturated rings. The van der Waals surface area contributed by atoms with Crippen LogP contribution >= 0.6 is 11.3 Å². The van der Waals surface area contributed by atoms with Gasteiger partial charge in [0.1, 0.15) is 0 Å². The van der Waals surface area contributed by atoms with Crippen LogP contribution in [0.5, 0.6) is 0 Å². The lowest BCUT2D eigenvalue weighted by Gasteiger charge is -2.34. The Morgan fingerprint density at radius 3 is 2.43 bits per heavy atom. The zero-order valence-electron chi connectivity index (χ0n) is 16.1. The fraction of sp³-hybridized carbons (Fsp3) is 0.318. The minimum atomic E-state index is 0.0193. The Balaban J connectivity index is 1.39. The first-order valence-corrected chi connectivity index (χ1v) is 10.6. The van der Waals surface area contributed by atoms with Crippen LogP contribution in [0.3, 0.4) is 0 Å². The van der Waals surface area contributed by atoms with Gasteiger partial charge in [0, 0.05) is 49.9 Å². The number of hydrogen-bond donors (Lipinski definition) is 1. The van der Waals surface area contributed by atoms with Gasteiger partial charge in [0.25, 0.3) is 0 Å². The van der Waals surface area contributed by atoms with Crippen LogP contribution in [0, 0.1) is 0 Å². The molecule has 6 heteroatoms. The van der Waals surface area contributed by atoms with Crippen molar-refractivity contribution in [1.29, 1.82) is 0 Å². The highest BCUT2D eigenvalue weighted by atomic mass is 32.1. The summed E-state index contributed by atoms with van der Waals surface area (Å²) in [5, 5.41) is 7.23. The van der Waals surface area contributed by atoms with Gasteiger partial charge in [0.15, 0.2) is 0 Å². The predicted octanol–water partition coefficient (Wildman–Crippen LogP) is 3.92. The fourth-order valence-electron chi connectivity index (χ4n) is 3.62. The largest absolute Gasteiger partial charge is 0.369 e. The number of anilines is 2. The van der Waals surface area contributed by atoms with Crippen LogP contribution in [0.1, 0.15) is 18.0 Å². The van der Waals surface area contributed by atoms with E-state index in [-0.39, 0.29) is 11.9 Å². The lowest BCUT2D eigenvalue weighted by atomic mass is 10.1. The number of carbonyl (C=O) groups is 1. The summed E-state index contributed by atoms with van der Waals surface area (Å²) in [6.45, 7) is 4.26. The molecule has 0 saturated carbocycles. The van der Waals surface area contributed by atoms with E-state index in [1.165, 1.54) is 11.3 Å². The molecule has 1 amide bonds. The third-order valence-electron chi connectivity index (χ3n) is 5.31. The van der Waals surface area contributed by atoms with Gasteiger partial charge in [0.2, 0.25) is 5.91 Å². The molecule has 146 valence electrons. The van der Waals surface area contributed by atoms with Crippen molar-refractivity contribution in [2.75, 3.05) is 43.4 Å². The van der Waals surface area contributed by atoms with Gasteiger partial charge in [-0.1, -0.05) is 0 Å². The van der Waals surface area contributed by atoms with Crippen LogP contribution in [-0.2, 0) is 4.79 Å². The number of rotatable bonds is 6. The molecule has 2 aromatic heterocycles. The molecule has 5 nitrogen and oxygen atoms in total. The standard InChI is InChI=1S/C22H26N4OS/c1-24-11-13-25(14-12-24)20-6-4-19(5-7-20)23-22(27)16-21(18-8-15-28-17-18)26-9-2-3-10-26/h2-10,15,17,21H,11-14,16H2,1H3,(H,23,27). The smallest absolute Gasteiger partial charge is 0.226 e. The fourth-order valence-corrected chi connectivity index (χ4v) is 4.33. The Morgan fingerprint density at radius 1 is 1.07 bits per heavy atom. The lowest BCUT2D eigenvalue weighted by Crippen LogP contribution is -2.44. The van der Waals surface area contributed by atoms with Crippen molar-refractivity contribution >= 4 is 28.6 Å². The van der Waals surface area contributed by atoms with Gasteiger partial charge < -0.3 is 19.7 Å². The Labute approximate surface area is 170 Å². The maximum absolute atomic E-state index is 12.7. The highest BCUT2D eigenvalue weighted by molar-refractivity contribution is 7.08. The molecule has 1 unspecified atom stereocenters. The number of likely N-dealkylation sites (N-methyl/N-ethyl adjacent to an activating group) is 1. The predicted molar refractivity (Wildman–Crippen MR) is 116 cm³/mol. The summed E-state index contributed by atoms with van der Waals surface area (Å²) in [7, 11) is 2.16. The van der Waals surface area contributed by atoms with E-state index in [0.29, 0.717) is 6.42 Å². The quantitative estimate of drug-likeness (QED) is 0.689. The Bertz CT molecular complexity index is 832. The Hall–Kier alpha value is -2.57. The van der Waals surface area contributed by atoms with Crippen molar-refractivity contribution < 1.29 is 4.79 Å². The average Bonchev–Trinajstić information content (AvgIpc) is 3.42. The molecule has 1 saturated heterocycles. The van der Waals surface area contributed by atoms with Gasteiger partial charge in [-0.05, 0) is 65.8 Å². The number of thiophene rings is 1. The molecule has 1 aliphatic heterocycles. The molecule has 1 atom stereocenters. The van der Waals surface area contributed by atoms with Crippen molar-refractivity contribution in [3.05, 3.63) is 71.2 Å². The van der Waals surface area contributed by atoms with Crippen molar-refractivity contribution in [3.8, 4) is 0 Å². The number of hydrogen-bond acceptors (Lipinski definition) is 4. The molecule has 1 aliphatic rings. The molecule has 0 bridgehead atoms. The minimum Gasteiger partial charge on any atom is -0.369 e. The van der Waals surface area contributed by atoms with Gasteiger partial charge in [-0.3, -0.25) is 4.79 Å². The average molecular weight is 395 g/mol. The molecule has 0 radical (unpaired) electrons. The highest BCUT2D eigenvalue weighted by Gasteiger charge is 2.18. The van der Waals surface area contributed by atoms with E-state index >= 15 is 0 Å². The number of benzene rings is 1. The van der Waals surface area contributed by atoms with E-state index < -0.39 is 0 Å². The van der Waals surface area contributed by atoms with Crippen LogP contribution < -0.4 is 10.2 Å². The first-order valence-electron chi connectivity index (χ1n) is 9.67. The van der Waals surface area contributed by atoms with Crippen LogP contribution in [0.4, 0.5) is 11.4 Å². The van der Waals surface area contributed by atoms with Gasteiger partial charge in [-0.15, -0.1) is 0 Å². The zero-order chi connectivity index (χ0) is 19.3. The molecule has 1 aromatic carbocycles. The first kappa shape index (κ1) is 18.8. The second kappa shape index (κ2) is 8.63. The summed E-state index contributed by atoms with van der Waals surface area (Å²) in [6.07, 6.45) is 4.44. The van der Waals surface area contributed by atoms with E-state index in [9.17, 15) is 4.79 Å². The molecule has 3 heterocycles. The third kappa shape index (κ3) is 4.46. The van der Waals surface area contributed by atoms with Crippen molar-refractivity contribution in [2.24, 2.45) is 0 Å². The molecule has 1 N–H and O–H groups in total. The summed E-state index contributed by atoms with van der Waals surface area (Å²) >= 11 is 1.66. The van der Waals surface area contributed by atoms with Crippen molar-refractivity contribution in [3.63, 3.8) is 0 Å². The Morgan fingerprint density at radius 2 is 1.79 bits per heavy atom. The molecular formula is C22H26N4OS. The number of carbonyl (C=O) groups excluding carboxylic acids is 1. The van der Waals surface area contributed by atoms with E-state index in [2.05, 4.69) is 55.7 Å². The number of amides is 1. The molecule has 4 rings (SSSR count). The number of piperazine rings is 1. The van der Waals surface area contributed by atoms with Gasteiger partial charge in [-0.25, -0.2) is 0 Å². The van der Waals surface area contributed by atoms with Gasteiger partial charge in [-0.2, -0.15) is 11.3 Å². The summed E-state index contributed by atoms with van der Waals surface area (Å²) in [5.74, 6) is 0.0252. The van der Waals surface area contributed by atoms with E-state index in [1.54, 1.807) is 11.3 Å². The topological polar surface area (TPSA) is 40.5 Å². The SMILES string of the molecule is CN1CCN(c2ccc(NC(=O)CC(c3ccsc3)n3cccc3)cc2)CC1. The monoisotopic (exact) mass is 394 g/mol. The van der Waals surface area contributed by atoms with Crippen LogP contribution in [-0.4, -0.2) is 48.6 Å². The molecule has 0 aliphatic carbocycles. The highest BCUT2D eigenvalue weighted by Crippen LogP contribution is 2.25. The van der Waals surface area contributed by atoms with Gasteiger partial charge in [0.05, 0.1) is 12.5 Å². The zero-order valence-corrected chi connectivity index (χ0v) is 16.9. The Kier molecular flexibility index (Phi) is 5.78. The molecule has 3 aromatic rings. The number of nitrogens with one attached hydrogen (secondary N) is 1. The molecule has 28 heavy (non-hydrogen) atoms. The summed E-state index contributed by atoms with van der Waals surface area (Å²) in [5.41, 5.74) is 3.23. The van der Waals surface area contributed by atoms with Crippen molar-refractivity contribution in [2.45, 2.75) is 12.5 Å². The van der Waals surface area contributed by atoms with Crippen LogP contribution in [0.25, 0.3) is 0 Å². The summed E-state index contributed by atoms with van der Waals surface area (Å²) < 4.78 is 2.10. The van der Waals surface area contributed by atoms with Crippen LogP contribution in [0.2, 0.25) is 0 Å². The van der Waals surface area contributed by atoms with Crippen molar-refractivity contribution in [1.82, 2.24) is 9.47 Å². The van der Waals surface area contributed by atoms with E-state index in [1.807, 2.05) is 36.7 Å². The summed E-state index contributed by atoms with van der Waals surface area (Å²) in [4.78, 5) is 17.4. The second-order valence-corrected chi connectivity index (χ2v) is 8.07. The normalized spacial score (nSPS) is 16.1. The maximum atomic E-state index is 12.7. The lowest BCUT2D eigenvalue weighted by molar-refractivity contribution is -0.116. The minimum absolute atomic E-state index is 0.0193. The summed E-state index contributed by atoms with van der Waals surface area (Å²) in [6, 6.07) is 14.3. The number of nitrogens with zero attached hydrogens (tertiary/aromatic N) is 3. The molecular weight excluding hydrogens is 368 g/mol. The second-order valence-electron chi connectivity index (χ2n) is 7.29. The third-order valence-corrected chi connectivity index (χ3v) is 6.02. The van der Waals surface area contributed by atoms with Crippen LogP contribution in [0.15, 0.2) is 65.6 Å². The van der Waals surface area contributed by atoms with E-state index in [4.69, 9.17) is 0 Å². The maximum Gasteiger partial charge on any atom is 0.226 e. The molecule has 0 spiro atoms.